The second-order valence-electron chi connectivity index (χ2n) is 7.69. The molecular weight excluding hydrogens is 444 g/mol. The van der Waals surface area contributed by atoms with Gasteiger partial charge in [0.2, 0.25) is 21.8 Å². The van der Waals surface area contributed by atoms with E-state index >= 15 is 0 Å². The number of nitrogens with one attached hydrogen (secondary N) is 2. The highest BCUT2D eigenvalue weighted by Gasteiger charge is 2.29. The van der Waals surface area contributed by atoms with Gasteiger partial charge in [0.05, 0.1) is 35.6 Å². The van der Waals surface area contributed by atoms with Gasteiger partial charge in [-0.15, -0.1) is 0 Å². The summed E-state index contributed by atoms with van der Waals surface area (Å²) in [5.74, 6) is 0.00199. The minimum Gasteiger partial charge on any atom is -0.495 e. The lowest BCUT2D eigenvalue weighted by molar-refractivity contribution is -0.118. The molecule has 0 radical (unpaired) electrons. The Balaban J connectivity index is 1.87. The number of nitrogens with zero attached hydrogens (tertiary/aromatic N) is 2. The van der Waals surface area contributed by atoms with E-state index in [-0.39, 0.29) is 35.7 Å². The van der Waals surface area contributed by atoms with Crippen LogP contribution < -0.4 is 20.3 Å². The second-order valence-corrected chi connectivity index (χ2v) is 9.63. The fraction of sp³-hybridized carbons (Fsp3) is 0.391. The van der Waals surface area contributed by atoms with E-state index in [1.165, 1.54) is 23.5 Å². The van der Waals surface area contributed by atoms with E-state index in [2.05, 4.69) is 10.6 Å². The van der Waals surface area contributed by atoms with Crippen LogP contribution in [0.3, 0.4) is 0 Å². The molecule has 0 aliphatic carbocycles. The minimum atomic E-state index is -3.67. The molecule has 1 heterocycles. The molecule has 2 amide bonds. The number of carbonyl (C=O) groups is 2. The number of anilines is 3. The van der Waals surface area contributed by atoms with Crippen LogP contribution in [0.1, 0.15) is 27.2 Å². The van der Waals surface area contributed by atoms with Crippen molar-refractivity contribution in [2.75, 3.05) is 42.3 Å². The van der Waals surface area contributed by atoms with Crippen molar-refractivity contribution in [2.45, 2.75) is 38.1 Å². The molecule has 0 spiro atoms. The van der Waals surface area contributed by atoms with Crippen molar-refractivity contribution in [3.05, 3.63) is 42.5 Å². The molecule has 0 aromatic heterocycles. The highest BCUT2D eigenvalue weighted by atomic mass is 32.2. The maximum atomic E-state index is 13.2. The number of para-hydroxylation sites is 2. The Bertz CT molecular complexity index is 1130. The van der Waals surface area contributed by atoms with Gasteiger partial charge in [-0.25, -0.2) is 8.42 Å². The topological polar surface area (TPSA) is 108 Å². The summed E-state index contributed by atoms with van der Waals surface area (Å²) in [6.07, 6.45) is 0.168. The monoisotopic (exact) mass is 474 g/mol. The Hall–Kier alpha value is -3.11. The summed E-state index contributed by atoms with van der Waals surface area (Å²) in [5, 5.41) is 5.86. The fourth-order valence-electron chi connectivity index (χ4n) is 3.92. The maximum Gasteiger partial charge on any atom is 0.246 e. The Morgan fingerprint density at radius 3 is 2.58 bits per heavy atom. The molecule has 1 aliphatic heterocycles. The SMILES string of the molecule is CCN(CC)S(=O)(=O)c1ccc(OC)c(NCC(=O)N2c3ccccc3NC(=O)CC2C)c1. The molecule has 33 heavy (non-hydrogen) atoms. The minimum absolute atomic E-state index is 0.113. The van der Waals surface area contributed by atoms with E-state index in [4.69, 9.17) is 4.74 Å². The zero-order chi connectivity index (χ0) is 24.2. The highest BCUT2D eigenvalue weighted by molar-refractivity contribution is 7.89. The van der Waals surface area contributed by atoms with Gasteiger partial charge in [0.15, 0.2) is 0 Å². The molecule has 0 saturated carbocycles. The Morgan fingerprint density at radius 1 is 1.21 bits per heavy atom. The fourth-order valence-corrected chi connectivity index (χ4v) is 5.41. The molecule has 0 bridgehead atoms. The van der Waals surface area contributed by atoms with Crippen molar-refractivity contribution >= 4 is 38.9 Å². The summed E-state index contributed by atoms with van der Waals surface area (Å²) in [6.45, 7) is 5.97. The number of fused-ring (bicyclic) bond motifs is 1. The van der Waals surface area contributed by atoms with Crippen LogP contribution in [-0.4, -0.2) is 57.3 Å². The van der Waals surface area contributed by atoms with E-state index in [1.807, 2.05) is 6.92 Å². The van der Waals surface area contributed by atoms with Crippen molar-refractivity contribution in [2.24, 2.45) is 0 Å². The molecule has 178 valence electrons. The molecule has 2 aromatic carbocycles. The first kappa shape index (κ1) is 24.5. The second kappa shape index (κ2) is 10.2. The number of rotatable bonds is 8. The lowest BCUT2D eigenvalue weighted by Gasteiger charge is -2.28. The number of ether oxygens (including phenoxy) is 1. The van der Waals surface area contributed by atoms with Gasteiger partial charge in [-0.05, 0) is 37.3 Å². The number of benzene rings is 2. The third-order valence-electron chi connectivity index (χ3n) is 5.57. The molecular formula is C23H30N4O5S. The van der Waals surface area contributed by atoms with Crippen LogP contribution in [0.15, 0.2) is 47.4 Å². The smallest absolute Gasteiger partial charge is 0.246 e. The Kier molecular flexibility index (Phi) is 7.60. The van der Waals surface area contributed by atoms with Crippen molar-refractivity contribution in [1.82, 2.24) is 4.31 Å². The molecule has 0 fully saturated rings. The predicted octanol–water partition coefficient (Wildman–Crippen LogP) is 2.90. The number of amides is 2. The first-order valence-electron chi connectivity index (χ1n) is 10.9. The van der Waals surface area contributed by atoms with E-state index in [9.17, 15) is 18.0 Å². The summed E-state index contributed by atoms with van der Waals surface area (Å²) in [6, 6.07) is 11.3. The van der Waals surface area contributed by atoms with Crippen LogP contribution in [-0.2, 0) is 19.6 Å². The van der Waals surface area contributed by atoms with Crippen LogP contribution in [0.5, 0.6) is 5.75 Å². The molecule has 2 aromatic rings. The zero-order valence-electron chi connectivity index (χ0n) is 19.3. The van der Waals surface area contributed by atoms with E-state index < -0.39 is 10.0 Å². The quantitative estimate of drug-likeness (QED) is 0.609. The van der Waals surface area contributed by atoms with Crippen LogP contribution in [0.4, 0.5) is 17.1 Å². The summed E-state index contributed by atoms with van der Waals surface area (Å²) in [5.41, 5.74) is 1.58. The van der Waals surface area contributed by atoms with Crippen LogP contribution >= 0.6 is 0 Å². The largest absolute Gasteiger partial charge is 0.495 e. The van der Waals surface area contributed by atoms with Gasteiger partial charge in [0.25, 0.3) is 0 Å². The average Bonchev–Trinajstić information content (AvgIpc) is 2.91. The normalized spacial score (nSPS) is 16.1. The van der Waals surface area contributed by atoms with Crippen LogP contribution in [0.25, 0.3) is 0 Å². The first-order chi connectivity index (χ1) is 15.7. The molecule has 10 heteroatoms. The van der Waals surface area contributed by atoms with E-state index in [0.29, 0.717) is 35.9 Å². The zero-order valence-corrected chi connectivity index (χ0v) is 20.1. The Labute approximate surface area is 194 Å². The number of hydrogen-bond donors (Lipinski definition) is 2. The van der Waals surface area contributed by atoms with Gasteiger partial charge in [-0.2, -0.15) is 4.31 Å². The molecule has 1 unspecified atom stereocenters. The number of carbonyl (C=O) groups excluding carboxylic acids is 2. The van der Waals surface area contributed by atoms with Crippen molar-refractivity contribution in [3.8, 4) is 5.75 Å². The Morgan fingerprint density at radius 2 is 1.91 bits per heavy atom. The van der Waals surface area contributed by atoms with Crippen molar-refractivity contribution in [1.29, 1.82) is 0 Å². The third kappa shape index (κ3) is 5.12. The number of hydrogen-bond acceptors (Lipinski definition) is 6. The molecule has 1 atom stereocenters. The van der Waals surface area contributed by atoms with Crippen LogP contribution in [0, 0.1) is 0 Å². The number of sulfonamides is 1. The van der Waals surface area contributed by atoms with Gasteiger partial charge >= 0.3 is 0 Å². The molecule has 0 saturated heterocycles. The summed E-state index contributed by atoms with van der Waals surface area (Å²) in [4.78, 5) is 27.1. The van der Waals surface area contributed by atoms with Crippen molar-refractivity contribution < 1.29 is 22.7 Å². The first-order valence-corrected chi connectivity index (χ1v) is 12.3. The van der Waals surface area contributed by atoms with Gasteiger partial charge < -0.3 is 20.3 Å². The summed E-state index contributed by atoms with van der Waals surface area (Å²) in [7, 11) is -2.19. The van der Waals surface area contributed by atoms with Gasteiger partial charge in [0, 0.05) is 25.6 Å². The average molecular weight is 475 g/mol. The third-order valence-corrected chi connectivity index (χ3v) is 7.62. The lowest BCUT2D eigenvalue weighted by Crippen LogP contribution is -2.42. The molecule has 9 nitrogen and oxygen atoms in total. The molecule has 1 aliphatic rings. The van der Waals surface area contributed by atoms with E-state index in [1.54, 1.807) is 49.1 Å². The highest BCUT2D eigenvalue weighted by Crippen LogP contribution is 2.32. The lowest BCUT2D eigenvalue weighted by atomic mass is 10.1. The van der Waals surface area contributed by atoms with Gasteiger partial charge in [-0.1, -0.05) is 26.0 Å². The van der Waals surface area contributed by atoms with Gasteiger partial charge in [0.1, 0.15) is 5.75 Å². The number of methoxy groups -OCH3 is 1. The van der Waals surface area contributed by atoms with E-state index in [0.717, 1.165) is 0 Å². The predicted molar refractivity (Wildman–Crippen MR) is 128 cm³/mol. The maximum absolute atomic E-state index is 13.2. The van der Waals surface area contributed by atoms with Crippen molar-refractivity contribution in [3.63, 3.8) is 0 Å². The van der Waals surface area contributed by atoms with Crippen LogP contribution in [0.2, 0.25) is 0 Å². The standard InChI is InChI=1S/C23H30N4O5S/c1-5-26(6-2)33(30,31)17-11-12-21(32-4)19(14-17)24-15-23(29)27-16(3)13-22(28)25-18-9-7-8-10-20(18)27/h7-12,14,16,24H,5-6,13,15H2,1-4H3,(H,25,28). The molecule has 3 rings (SSSR count). The molecule has 2 N–H and O–H groups in total. The summed E-state index contributed by atoms with van der Waals surface area (Å²) < 4.78 is 32.6. The van der Waals surface area contributed by atoms with Gasteiger partial charge in [-0.3, -0.25) is 9.59 Å². The summed E-state index contributed by atoms with van der Waals surface area (Å²) >= 11 is 0.